The molecule has 1 aromatic rings. The van der Waals surface area contributed by atoms with Crippen molar-refractivity contribution < 1.29 is 31.8 Å². The summed E-state index contributed by atoms with van der Waals surface area (Å²) in [5.74, 6) is -1.82. The molecule has 0 radical (unpaired) electrons. The Morgan fingerprint density at radius 3 is 2.41 bits per heavy atom. The molecular formula is C8H7F5N2O2. The highest BCUT2D eigenvalue weighted by atomic mass is 19.4. The summed E-state index contributed by atoms with van der Waals surface area (Å²) < 4.78 is 63.9. The maximum atomic E-state index is 12.3. The molecule has 0 atom stereocenters. The van der Waals surface area contributed by atoms with Gasteiger partial charge in [-0.1, -0.05) is 0 Å². The number of nitrogens with zero attached hydrogens (tertiary/aromatic N) is 1. The Hall–Kier alpha value is -1.64. The van der Waals surface area contributed by atoms with Crippen LogP contribution in [-0.2, 0) is 6.61 Å². The molecule has 0 unspecified atom stereocenters. The molecule has 17 heavy (non-hydrogen) atoms. The summed E-state index contributed by atoms with van der Waals surface area (Å²) in [6.45, 7) is -0.932. The molecule has 0 saturated heterocycles. The zero-order valence-electron chi connectivity index (χ0n) is 8.13. The van der Waals surface area contributed by atoms with E-state index >= 15 is 0 Å². The van der Waals surface area contributed by atoms with Crippen LogP contribution in [0.3, 0.4) is 0 Å². The Morgan fingerprint density at radius 2 is 2.00 bits per heavy atom. The summed E-state index contributed by atoms with van der Waals surface area (Å²) in [6, 6.07) is 0.619. The van der Waals surface area contributed by atoms with Gasteiger partial charge in [-0.05, 0) is 6.07 Å². The Balaban J connectivity index is 3.19. The van der Waals surface area contributed by atoms with E-state index in [1.54, 1.807) is 0 Å². The van der Waals surface area contributed by atoms with Gasteiger partial charge in [-0.3, -0.25) is 0 Å². The van der Waals surface area contributed by atoms with Gasteiger partial charge in [-0.15, -0.1) is 13.2 Å². The highest BCUT2D eigenvalue weighted by Crippen LogP contribution is 2.31. The van der Waals surface area contributed by atoms with Crippen molar-refractivity contribution in [3.63, 3.8) is 0 Å². The molecule has 1 rings (SSSR count). The highest BCUT2D eigenvalue weighted by molar-refractivity contribution is 5.46. The molecule has 0 aliphatic heterocycles. The van der Waals surface area contributed by atoms with Crippen LogP contribution >= 0.6 is 0 Å². The number of nitrogen functional groups attached to an aromatic ring is 1. The normalized spacial score (nSPS) is 11.9. The van der Waals surface area contributed by atoms with Gasteiger partial charge < -0.3 is 15.6 Å². The lowest BCUT2D eigenvalue weighted by molar-refractivity contribution is -0.276. The number of nitrogens with two attached hydrogens (primary N) is 1. The monoisotopic (exact) mass is 258 g/mol. The predicted molar refractivity (Wildman–Crippen MR) is 46.2 cm³/mol. The molecule has 0 bridgehead atoms. The fourth-order valence-electron chi connectivity index (χ4n) is 1.06. The van der Waals surface area contributed by atoms with E-state index in [1.165, 1.54) is 0 Å². The topological polar surface area (TPSA) is 68.4 Å². The highest BCUT2D eigenvalue weighted by Gasteiger charge is 2.33. The van der Waals surface area contributed by atoms with Gasteiger partial charge in [0.2, 0.25) is 5.88 Å². The third-order valence-electron chi connectivity index (χ3n) is 1.74. The second kappa shape index (κ2) is 4.70. The fourth-order valence-corrected chi connectivity index (χ4v) is 1.06. The number of alkyl halides is 5. The fraction of sp³-hybridized carbons (Fsp3) is 0.375. The molecule has 0 aliphatic carbocycles. The molecule has 3 N–H and O–H groups in total. The zero-order valence-corrected chi connectivity index (χ0v) is 8.13. The lowest BCUT2D eigenvalue weighted by Crippen LogP contribution is -2.20. The van der Waals surface area contributed by atoms with Crippen molar-refractivity contribution in [2.75, 3.05) is 5.73 Å². The number of aliphatic hydroxyl groups excluding tert-OH is 1. The van der Waals surface area contributed by atoms with E-state index < -0.39 is 42.2 Å². The van der Waals surface area contributed by atoms with E-state index in [4.69, 9.17) is 10.8 Å². The first kappa shape index (κ1) is 13.4. The quantitative estimate of drug-likeness (QED) is 0.813. The number of pyridine rings is 1. The minimum absolute atomic E-state index is 0.521. The van der Waals surface area contributed by atoms with E-state index in [-0.39, 0.29) is 0 Å². The van der Waals surface area contributed by atoms with Crippen LogP contribution in [-0.4, -0.2) is 16.5 Å². The molecule has 9 heteroatoms. The van der Waals surface area contributed by atoms with Gasteiger partial charge in [0.25, 0.3) is 6.43 Å². The van der Waals surface area contributed by atoms with Crippen molar-refractivity contribution in [2.24, 2.45) is 0 Å². The van der Waals surface area contributed by atoms with Crippen molar-refractivity contribution in [1.29, 1.82) is 0 Å². The van der Waals surface area contributed by atoms with E-state index in [0.717, 1.165) is 0 Å². The average Bonchev–Trinajstić information content (AvgIpc) is 2.14. The van der Waals surface area contributed by atoms with E-state index in [9.17, 15) is 22.0 Å². The van der Waals surface area contributed by atoms with Gasteiger partial charge in [-0.2, -0.15) is 4.98 Å². The maximum Gasteiger partial charge on any atom is 0.574 e. The number of aromatic nitrogens is 1. The summed E-state index contributed by atoms with van der Waals surface area (Å²) in [5.41, 5.74) is 3.76. The Bertz CT molecular complexity index is 408. The molecule has 0 aromatic carbocycles. The summed E-state index contributed by atoms with van der Waals surface area (Å²) in [6.07, 6.45) is -8.05. The molecule has 0 saturated carbocycles. The van der Waals surface area contributed by atoms with Crippen LogP contribution in [0.4, 0.5) is 27.8 Å². The molecule has 0 spiro atoms. The number of anilines is 1. The van der Waals surface area contributed by atoms with E-state index in [2.05, 4.69) is 9.72 Å². The van der Waals surface area contributed by atoms with Crippen molar-refractivity contribution in [3.05, 3.63) is 17.2 Å². The average molecular weight is 258 g/mol. The number of hydrogen-bond acceptors (Lipinski definition) is 4. The maximum absolute atomic E-state index is 12.3. The molecular weight excluding hydrogens is 251 g/mol. The van der Waals surface area contributed by atoms with Gasteiger partial charge in [0.05, 0.1) is 12.2 Å². The van der Waals surface area contributed by atoms with Crippen LogP contribution in [0.2, 0.25) is 0 Å². The number of halogens is 5. The molecule has 96 valence electrons. The lowest BCUT2D eigenvalue weighted by Gasteiger charge is -2.13. The Kier molecular flexibility index (Phi) is 3.71. The predicted octanol–water partition coefficient (Wildman–Crippen LogP) is 1.99. The van der Waals surface area contributed by atoms with Crippen molar-refractivity contribution in [3.8, 4) is 5.88 Å². The summed E-state index contributed by atoms with van der Waals surface area (Å²) in [4.78, 5) is 3.05. The summed E-state index contributed by atoms with van der Waals surface area (Å²) in [5, 5.41) is 8.74. The van der Waals surface area contributed by atoms with Gasteiger partial charge >= 0.3 is 6.36 Å². The van der Waals surface area contributed by atoms with Crippen LogP contribution < -0.4 is 10.5 Å². The van der Waals surface area contributed by atoms with Crippen LogP contribution in [0.1, 0.15) is 17.6 Å². The van der Waals surface area contributed by atoms with Gasteiger partial charge in [-0.25, -0.2) is 8.78 Å². The number of aliphatic hydroxyl groups is 1. The Labute approximate surface area is 91.8 Å². The molecule has 1 heterocycles. The van der Waals surface area contributed by atoms with Gasteiger partial charge in [0.15, 0.2) is 0 Å². The third-order valence-corrected chi connectivity index (χ3v) is 1.74. The SMILES string of the molecule is Nc1nc(OC(F)(F)F)c(CO)cc1C(F)F. The van der Waals surface area contributed by atoms with Gasteiger partial charge in [0, 0.05) is 5.56 Å². The molecule has 4 nitrogen and oxygen atoms in total. The first-order valence-electron chi connectivity index (χ1n) is 4.18. The first-order chi connectivity index (χ1) is 7.74. The molecule has 1 aromatic heterocycles. The first-order valence-corrected chi connectivity index (χ1v) is 4.18. The van der Waals surface area contributed by atoms with Crippen LogP contribution in [0.15, 0.2) is 6.07 Å². The Morgan fingerprint density at radius 1 is 1.41 bits per heavy atom. The summed E-state index contributed by atoms with van der Waals surface area (Å²) in [7, 11) is 0. The smallest absolute Gasteiger partial charge is 0.391 e. The zero-order chi connectivity index (χ0) is 13.2. The molecule has 0 amide bonds. The largest absolute Gasteiger partial charge is 0.574 e. The second-order valence-electron chi connectivity index (χ2n) is 2.93. The minimum Gasteiger partial charge on any atom is -0.391 e. The van der Waals surface area contributed by atoms with Crippen molar-refractivity contribution in [2.45, 2.75) is 19.4 Å². The van der Waals surface area contributed by atoms with Crippen LogP contribution in [0.25, 0.3) is 0 Å². The van der Waals surface area contributed by atoms with Crippen molar-refractivity contribution in [1.82, 2.24) is 4.98 Å². The molecule has 0 aliphatic rings. The number of rotatable bonds is 3. The third kappa shape index (κ3) is 3.41. The standard InChI is InChI=1S/C8H7F5N2O2/c9-5(10)4-1-3(2-16)7(15-6(4)14)17-8(11,12)13/h1,5,16H,2H2,(H2,14,15). The van der Waals surface area contributed by atoms with E-state index in [0.29, 0.717) is 6.07 Å². The van der Waals surface area contributed by atoms with Crippen molar-refractivity contribution >= 4 is 5.82 Å². The molecule has 0 fully saturated rings. The van der Waals surface area contributed by atoms with Crippen LogP contribution in [0, 0.1) is 0 Å². The second-order valence-corrected chi connectivity index (χ2v) is 2.93. The van der Waals surface area contributed by atoms with E-state index in [1.807, 2.05) is 0 Å². The summed E-state index contributed by atoms with van der Waals surface area (Å²) >= 11 is 0. The minimum atomic E-state index is -5.05. The number of ether oxygens (including phenoxy) is 1. The van der Waals surface area contributed by atoms with Gasteiger partial charge in [0.1, 0.15) is 5.82 Å². The number of hydrogen-bond donors (Lipinski definition) is 2. The lowest BCUT2D eigenvalue weighted by atomic mass is 10.2. The van der Waals surface area contributed by atoms with Crippen LogP contribution in [0.5, 0.6) is 5.88 Å².